The number of hydrogen-bond donors (Lipinski definition) is 0. The number of fused-ring (bicyclic) bond motifs is 10. The largest absolute Gasteiger partial charge is 0.496 e. The molecule has 0 atom stereocenters. The molecule has 0 amide bonds. The van der Waals surface area contributed by atoms with Gasteiger partial charge in [0.2, 0.25) is 0 Å². The number of rotatable bonds is 8. The minimum atomic E-state index is -1.15. The number of methoxy groups -OCH3 is 8. The summed E-state index contributed by atoms with van der Waals surface area (Å²) >= 11 is 23.8. The molecule has 0 aliphatic heterocycles. The van der Waals surface area contributed by atoms with Crippen molar-refractivity contribution in [3.05, 3.63) is 305 Å². The molecule has 0 aliphatic rings. The van der Waals surface area contributed by atoms with Crippen molar-refractivity contribution in [2.75, 3.05) is 56.9 Å². The summed E-state index contributed by atoms with van der Waals surface area (Å²) in [5.74, 6) is -1.83. The van der Waals surface area contributed by atoms with Crippen LogP contribution in [0.3, 0.4) is 0 Å². The van der Waals surface area contributed by atoms with Gasteiger partial charge in [0.15, 0.2) is 46.5 Å². The number of halogens is 16. The lowest BCUT2D eigenvalue weighted by atomic mass is 10.2. The third-order valence-corrected chi connectivity index (χ3v) is 26.3. The maximum Gasteiger partial charge on any atom is 0.183 e. The van der Waals surface area contributed by atoms with Crippen molar-refractivity contribution < 1.29 is 90.6 Å². The predicted molar refractivity (Wildman–Crippen MR) is 544 cm³/mol. The standard InChI is InChI=1S/C11H11ClFNO.2C11H12ClNO.2C11H11F2NO.2C11H12FNO.C10H9ClFNO.C10H8F3N.C10H10FN/c1-6-4-7-9(15-3)5-8(12)10(13)11(7)14(6)2;1-7-4-9-10(13(7)2)5-8(12)6-11(9)14-3;1-7-6-8-10(14-3)5-4-9(12)11(8)13(7)2;1-6-4-7-9(15-3)5-8(12)10(13)11(7)14(6)2;1-6-10(13)9-8(15-3)5-4-7(12)11(9)14(6)2;1-7-4-9-10(13(7)2)5-8(12)6-11(9)14-3;1-7-6-8-10(14-3)5-4-9(12)11(8)13(7)2;1-13-9(11)5-6-8(14-2)4-3-7(12)10(6)13;1-5-3-6-9(13)7(11)4-8(12)10(6)14(5)2;1-7-10(11)8-5-3-4-6-9(8)12(7)2/h4-5H,1-3H3;2*4-6H,1-3H3;2*4-5H,1-3H3;2*4-6H,1-3H3;3-5H,1-2H3;3-4H,1-2H3;3-6H,1-2H3. The van der Waals surface area contributed by atoms with Crippen molar-refractivity contribution in [2.24, 2.45) is 70.5 Å². The number of para-hydroxylation sites is 1. The minimum Gasteiger partial charge on any atom is -0.496 e. The third kappa shape index (κ3) is 21.5. The van der Waals surface area contributed by atoms with Crippen molar-refractivity contribution >= 4 is 155 Å². The van der Waals surface area contributed by atoms with Gasteiger partial charge in [-0.2, -0.15) is 0 Å². The molecule has 141 heavy (non-hydrogen) atoms. The average Bonchev–Trinajstić information content (AvgIpc) is 1.59. The Hall–Kier alpha value is -13.7. The topological polar surface area (TPSA) is 123 Å². The van der Waals surface area contributed by atoms with Crippen LogP contribution in [0.5, 0.6) is 46.0 Å². The van der Waals surface area contributed by atoms with E-state index in [0.717, 1.165) is 94.4 Å². The Morgan fingerprint density at radius 2 is 0.567 bits per heavy atom. The highest BCUT2D eigenvalue weighted by Gasteiger charge is 2.24. The average molecular weight is 2030 g/mol. The van der Waals surface area contributed by atoms with Crippen molar-refractivity contribution in [3.8, 4) is 46.0 Å². The van der Waals surface area contributed by atoms with E-state index in [1.807, 2.05) is 137 Å². The smallest absolute Gasteiger partial charge is 0.183 e. The van der Waals surface area contributed by atoms with E-state index in [9.17, 15) is 52.7 Å². The molecule has 10 aromatic heterocycles. The SMILES string of the molecule is COc1cc(Cl)c(F)c2c1cc(C)n2C.COc1cc(Cl)cc2c1cc(C)n2C.COc1cc(F)c(F)c2c1cc(C)n2C.COc1cc(F)cc2c1cc(C)n2C.COc1ccc(Cl)c2c1cc(C)n2C.COc1ccc(F)c2c1c(F)c(C)n2C.COc1ccc(F)c2c1cc(C)n2C.COc1ccc(F)c2c1cc(Cl)n2C.Cc1c(F)c2ccccc2n1C.Cc1cc2c(F)c(F)cc(F)c2n1C. The molecular formula is C107H108Cl4F12N10O8. The molecule has 746 valence electrons. The minimum absolute atomic E-state index is 0.0116. The van der Waals surface area contributed by atoms with E-state index in [0.29, 0.717) is 101 Å². The normalized spacial score (nSPS) is 10.9. The fourth-order valence-corrected chi connectivity index (χ4v) is 17.4. The van der Waals surface area contributed by atoms with Crippen LogP contribution in [0.1, 0.15) is 51.2 Å². The van der Waals surface area contributed by atoms with Gasteiger partial charge in [0.25, 0.3) is 0 Å². The van der Waals surface area contributed by atoms with Gasteiger partial charge in [-0.3, -0.25) is 0 Å². The van der Waals surface area contributed by atoms with Gasteiger partial charge in [0.05, 0.1) is 139 Å². The van der Waals surface area contributed by atoms with Gasteiger partial charge in [0.1, 0.15) is 74.4 Å². The molecule has 0 bridgehead atoms. The molecule has 0 unspecified atom stereocenters. The molecule has 0 aliphatic carbocycles. The van der Waals surface area contributed by atoms with Crippen LogP contribution in [0.2, 0.25) is 20.2 Å². The summed E-state index contributed by atoms with van der Waals surface area (Å²) in [6.45, 7) is 16.9. The van der Waals surface area contributed by atoms with E-state index in [-0.39, 0.29) is 55.6 Å². The van der Waals surface area contributed by atoms with Gasteiger partial charge < -0.3 is 83.6 Å². The van der Waals surface area contributed by atoms with Crippen molar-refractivity contribution in [2.45, 2.75) is 62.3 Å². The van der Waals surface area contributed by atoms with Gasteiger partial charge in [-0.05, 0) is 190 Å². The zero-order valence-electron chi connectivity index (χ0n) is 82.9. The molecule has 10 aromatic carbocycles. The van der Waals surface area contributed by atoms with Crippen LogP contribution in [-0.2, 0) is 70.5 Å². The Bertz CT molecular complexity index is 7640. The molecule has 10 heterocycles. The molecule has 0 saturated heterocycles. The predicted octanol–water partition coefficient (Wildman–Crippen LogP) is 28.9. The van der Waals surface area contributed by atoms with Gasteiger partial charge in [-0.15, -0.1) is 0 Å². The first-order chi connectivity index (χ1) is 66.6. The van der Waals surface area contributed by atoms with Gasteiger partial charge >= 0.3 is 0 Å². The lowest BCUT2D eigenvalue weighted by Gasteiger charge is -2.06. The highest BCUT2D eigenvalue weighted by Crippen LogP contribution is 2.41. The molecule has 18 nitrogen and oxygen atoms in total. The van der Waals surface area contributed by atoms with Crippen LogP contribution in [0.15, 0.2) is 164 Å². The van der Waals surface area contributed by atoms with Crippen LogP contribution < -0.4 is 37.9 Å². The molecule has 0 fully saturated rings. The number of aromatic nitrogens is 10. The monoisotopic (exact) mass is 2030 g/mol. The highest BCUT2D eigenvalue weighted by molar-refractivity contribution is 6.35. The van der Waals surface area contributed by atoms with Crippen molar-refractivity contribution in [1.29, 1.82) is 0 Å². The first kappa shape index (κ1) is 108. The molecule has 20 rings (SSSR count). The van der Waals surface area contributed by atoms with E-state index in [2.05, 4.69) is 35.1 Å². The second-order valence-corrected chi connectivity index (χ2v) is 34.8. The zero-order chi connectivity index (χ0) is 104. The molecule has 0 spiro atoms. The maximum atomic E-state index is 13.8. The summed E-state index contributed by atoms with van der Waals surface area (Å²) in [6, 6.07) is 44.7. The van der Waals surface area contributed by atoms with Crippen LogP contribution in [0, 0.1) is 132 Å². The number of ether oxygens (including phenoxy) is 8. The number of hydrogen-bond acceptors (Lipinski definition) is 8. The summed E-state index contributed by atoms with van der Waals surface area (Å²) in [7, 11) is 30.6. The molecular weight excluding hydrogens is 1920 g/mol. The van der Waals surface area contributed by atoms with Crippen LogP contribution in [0.25, 0.3) is 109 Å². The number of nitrogens with zero attached hydrogens (tertiary/aromatic N) is 10. The third-order valence-electron chi connectivity index (χ3n) is 25.2. The molecule has 20 aromatic rings. The lowest BCUT2D eigenvalue weighted by Crippen LogP contribution is -1.96. The quantitative estimate of drug-likeness (QED) is 0.109. The Morgan fingerprint density at radius 1 is 0.213 bits per heavy atom. The maximum absolute atomic E-state index is 13.8. The summed E-state index contributed by atoms with van der Waals surface area (Å²) in [5, 5.41) is 8.93. The Balaban J connectivity index is 0.000000150. The Morgan fingerprint density at radius 3 is 1.06 bits per heavy atom. The Labute approximate surface area is 827 Å². The van der Waals surface area contributed by atoms with Crippen LogP contribution in [0.4, 0.5) is 52.7 Å². The van der Waals surface area contributed by atoms with E-state index in [1.165, 1.54) is 83.3 Å². The van der Waals surface area contributed by atoms with Crippen molar-refractivity contribution in [3.63, 3.8) is 0 Å². The van der Waals surface area contributed by atoms with Gasteiger partial charge in [-0.25, -0.2) is 52.7 Å². The molecule has 34 heteroatoms. The van der Waals surface area contributed by atoms with E-state index in [4.69, 9.17) is 84.3 Å². The fourth-order valence-electron chi connectivity index (χ4n) is 16.5. The number of benzene rings is 10. The van der Waals surface area contributed by atoms with Crippen LogP contribution >= 0.6 is 46.4 Å². The summed E-state index contributed by atoms with van der Waals surface area (Å²) in [4.78, 5) is 0. The zero-order valence-corrected chi connectivity index (χ0v) is 85.9. The molecule has 0 saturated carbocycles. The first-order valence-electron chi connectivity index (χ1n) is 43.5. The molecule has 0 radical (unpaired) electrons. The van der Waals surface area contributed by atoms with Crippen molar-refractivity contribution in [1.82, 2.24) is 45.7 Å². The van der Waals surface area contributed by atoms with E-state index in [1.54, 1.807) is 143 Å². The van der Waals surface area contributed by atoms with Gasteiger partial charge in [-0.1, -0.05) is 58.5 Å². The van der Waals surface area contributed by atoms with Gasteiger partial charge in [0, 0.05) is 188 Å². The lowest BCUT2D eigenvalue weighted by molar-refractivity contribution is 0.412. The van der Waals surface area contributed by atoms with E-state index < -0.39 is 46.5 Å². The number of aryl methyl sites for hydroxylation is 17. The summed E-state index contributed by atoms with van der Waals surface area (Å²) in [5.41, 5.74) is 14.1. The summed E-state index contributed by atoms with van der Waals surface area (Å²) < 4.78 is 220. The van der Waals surface area contributed by atoms with E-state index >= 15 is 0 Å². The summed E-state index contributed by atoms with van der Waals surface area (Å²) in [6.07, 6.45) is 0. The second kappa shape index (κ2) is 44.8. The highest BCUT2D eigenvalue weighted by atomic mass is 35.5. The fraction of sp³-hybridized carbons (Fsp3) is 0.252. The second-order valence-electron chi connectivity index (χ2n) is 33.2. The molecule has 0 N–H and O–H groups in total. The Kier molecular flexibility index (Phi) is 34.3. The van der Waals surface area contributed by atoms with Crippen LogP contribution in [-0.4, -0.2) is 103 Å². The first-order valence-corrected chi connectivity index (χ1v) is 45.0.